The Balaban J connectivity index is 1.19. The minimum absolute atomic E-state index is 0.570. The Morgan fingerprint density at radius 3 is 1.26 bits per heavy atom. The van der Waals surface area contributed by atoms with Crippen LogP contribution in [0.4, 0.5) is 0 Å². The highest BCUT2D eigenvalue weighted by Gasteiger charge is 2.22. The van der Waals surface area contributed by atoms with Crippen molar-refractivity contribution >= 4 is 65.4 Å². The predicted molar refractivity (Wildman–Crippen MR) is 202 cm³/mol. The second kappa shape index (κ2) is 10.3. The summed E-state index contributed by atoms with van der Waals surface area (Å²) in [4.78, 5) is 15.0. The van der Waals surface area contributed by atoms with Crippen molar-refractivity contribution < 1.29 is 0 Å². The van der Waals surface area contributed by atoms with E-state index < -0.39 is 0 Å². The molecule has 0 bridgehead atoms. The molecule has 5 aromatic heterocycles. The molecule has 7 nitrogen and oxygen atoms in total. The molecule has 0 saturated heterocycles. The maximum Gasteiger partial charge on any atom is 0.239 e. The molecule has 0 spiro atoms. The van der Waals surface area contributed by atoms with Gasteiger partial charge < -0.3 is 9.13 Å². The van der Waals surface area contributed by atoms with Crippen molar-refractivity contribution in [1.29, 1.82) is 0 Å². The first-order valence-electron chi connectivity index (χ1n) is 16.7. The highest BCUT2D eigenvalue weighted by molar-refractivity contribution is 6.19. The van der Waals surface area contributed by atoms with Crippen molar-refractivity contribution in [3.05, 3.63) is 164 Å². The number of rotatable bonds is 4. The molecule has 0 saturated carbocycles. The average Bonchev–Trinajstić information content (AvgIpc) is 3.96. The van der Waals surface area contributed by atoms with E-state index in [0.29, 0.717) is 11.9 Å². The number of aromatic nitrogens is 7. The second-order valence-corrected chi connectivity index (χ2v) is 12.6. The minimum atomic E-state index is 0.570. The lowest BCUT2D eigenvalue weighted by Gasteiger charge is -2.11. The number of fused-ring (bicyclic) bond motifs is 10. The zero-order valence-electron chi connectivity index (χ0n) is 26.7. The number of nitrogens with zero attached hydrogens (tertiary/aromatic N) is 7. The SMILES string of the molecule is c1ccc(-n2ccc3c2ccc2c4ccccc4n(-c4ncnc(-n5c6ccccc6c6ccc7c(ccn7-c7ccccc7)c65)n4)c23)cc1. The first-order chi connectivity index (χ1) is 24.8. The van der Waals surface area contributed by atoms with Crippen LogP contribution in [0.1, 0.15) is 0 Å². The monoisotopic (exact) mass is 641 g/mol. The topological polar surface area (TPSA) is 58.4 Å². The largest absolute Gasteiger partial charge is 0.316 e. The van der Waals surface area contributed by atoms with E-state index in [-0.39, 0.29) is 0 Å². The van der Waals surface area contributed by atoms with Crippen molar-refractivity contribution in [3.63, 3.8) is 0 Å². The second-order valence-electron chi connectivity index (χ2n) is 12.6. The fourth-order valence-electron chi connectivity index (χ4n) is 7.89. The Kier molecular flexibility index (Phi) is 5.54. The highest BCUT2D eigenvalue weighted by Crippen LogP contribution is 2.39. The van der Waals surface area contributed by atoms with Crippen LogP contribution in [0, 0.1) is 0 Å². The molecule has 7 heteroatoms. The summed E-state index contributed by atoms with van der Waals surface area (Å²) in [6, 6.07) is 51.2. The third-order valence-corrected chi connectivity index (χ3v) is 10.0. The normalized spacial score (nSPS) is 12.0. The molecule has 50 heavy (non-hydrogen) atoms. The van der Waals surface area contributed by atoms with Gasteiger partial charge in [-0.2, -0.15) is 4.98 Å². The minimum Gasteiger partial charge on any atom is -0.316 e. The fraction of sp³-hybridized carbons (Fsp3) is 0. The zero-order valence-corrected chi connectivity index (χ0v) is 26.7. The van der Waals surface area contributed by atoms with Crippen LogP contribution in [0.25, 0.3) is 88.7 Å². The summed E-state index contributed by atoms with van der Waals surface area (Å²) in [5, 5.41) is 6.87. The lowest BCUT2D eigenvalue weighted by Crippen LogP contribution is -2.08. The van der Waals surface area contributed by atoms with Gasteiger partial charge in [0.1, 0.15) is 6.33 Å². The van der Waals surface area contributed by atoms with Crippen molar-refractivity contribution in [2.75, 3.05) is 0 Å². The third kappa shape index (κ3) is 3.71. The molecular formula is C43H27N7. The summed E-state index contributed by atoms with van der Waals surface area (Å²) >= 11 is 0. The Morgan fingerprint density at radius 2 is 0.780 bits per heavy atom. The van der Waals surface area contributed by atoms with Crippen LogP contribution in [0.5, 0.6) is 0 Å². The number of benzene rings is 6. The number of para-hydroxylation sites is 4. The van der Waals surface area contributed by atoms with Gasteiger partial charge in [-0.05, 0) is 60.7 Å². The van der Waals surface area contributed by atoms with Gasteiger partial charge in [0.05, 0.1) is 33.1 Å². The molecule has 0 aliphatic heterocycles. The van der Waals surface area contributed by atoms with Crippen LogP contribution >= 0.6 is 0 Å². The fourth-order valence-corrected chi connectivity index (χ4v) is 7.89. The van der Waals surface area contributed by atoms with Gasteiger partial charge in [-0.25, -0.2) is 9.97 Å². The van der Waals surface area contributed by atoms with Crippen molar-refractivity contribution in [2.24, 2.45) is 0 Å². The van der Waals surface area contributed by atoms with E-state index in [4.69, 9.17) is 15.0 Å². The van der Waals surface area contributed by atoms with E-state index in [1.54, 1.807) is 6.33 Å². The molecular weight excluding hydrogens is 615 g/mol. The van der Waals surface area contributed by atoms with Crippen LogP contribution in [-0.4, -0.2) is 33.2 Å². The molecule has 0 N–H and O–H groups in total. The number of hydrogen-bond donors (Lipinski definition) is 0. The Morgan fingerprint density at radius 1 is 0.340 bits per heavy atom. The van der Waals surface area contributed by atoms with Crippen LogP contribution in [0.3, 0.4) is 0 Å². The predicted octanol–water partition coefficient (Wildman–Crippen LogP) is 9.95. The molecule has 0 aliphatic rings. The maximum atomic E-state index is 5.29. The molecule has 6 aromatic carbocycles. The average molecular weight is 642 g/mol. The molecule has 11 aromatic rings. The van der Waals surface area contributed by atoms with Crippen LogP contribution in [0.2, 0.25) is 0 Å². The maximum absolute atomic E-state index is 5.29. The van der Waals surface area contributed by atoms with Crippen molar-refractivity contribution in [1.82, 2.24) is 33.2 Å². The van der Waals surface area contributed by atoms with Crippen LogP contribution in [0.15, 0.2) is 164 Å². The summed E-state index contributed by atoms with van der Waals surface area (Å²) in [5.41, 5.74) is 8.70. The first kappa shape index (κ1) is 27.0. The first-order valence-corrected chi connectivity index (χ1v) is 16.7. The van der Waals surface area contributed by atoms with Gasteiger partial charge in [0.2, 0.25) is 11.9 Å². The van der Waals surface area contributed by atoms with E-state index >= 15 is 0 Å². The van der Waals surface area contributed by atoms with E-state index in [0.717, 1.165) is 76.8 Å². The molecule has 0 aliphatic carbocycles. The molecule has 11 rings (SSSR count). The lowest BCUT2D eigenvalue weighted by molar-refractivity contribution is 0.888. The summed E-state index contributed by atoms with van der Waals surface area (Å²) < 4.78 is 8.87. The zero-order chi connectivity index (χ0) is 32.8. The Bertz CT molecular complexity index is 2880. The third-order valence-electron chi connectivity index (χ3n) is 10.0. The van der Waals surface area contributed by atoms with Gasteiger partial charge in [0.15, 0.2) is 0 Å². The standard InChI is InChI=1S/C43H27N7/c1-3-11-28(12-4-1)47-25-23-34-36(47)21-19-32-30-15-7-9-17-38(30)49(40(32)34)42-44-27-45-43(46-42)50-39-18-10-8-16-31(39)33-20-22-37-35(41(33)50)24-26-48(37)29-13-5-2-6-14-29/h1-27H. The summed E-state index contributed by atoms with van der Waals surface area (Å²) in [6.45, 7) is 0. The van der Waals surface area contributed by atoms with Crippen LogP contribution in [-0.2, 0) is 0 Å². The molecule has 5 heterocycles. The van der Waals surface area contributed by atoms with Crippen LogP contribution < -0.4 is 0 Å². The molecule has 0 radical (unpaired) electrons. The van der Waals surface area contributed by atoms with Gasteiger partial charge >= 0.3 is 0 Å². The smallest absolute Gasteiger partial charge is 0.239 e. The van der Waals surface area contributed by atoms with Gasteiger partial charge in [0.25, 0.3) is 0 Å². The van der Waals surface area contributed by atoms with Crippen molar-refractivity contribution in [2.45, 2.75) is 0 Å². The summed E-state index contributed by atoms with van der Waals surface area (Å²) in [7, 11) is 0. The van der Waals surface area contributed by atoms with Gasteiger partial charge in [0, 0.05) is 56.1 Å². The highest BCUT2D eigenvalue weighted by atomic mass is 15.3. The van der Waals surface area contributed by atoms with Crippen molar-refractivity contribution in [3.8, 4) is 23.3 Å². The van der Waals surface area contributed by atoms with Gasteiger partial charge in [-0.15, -0.1) is 0 Å². The quantitative estimate of drug-likeness (QED) is 0.192. The van der Waals surface area contributed by atoms with E-state index in [1.807, 2.05) is 12.1 Å². The lowest BCUT2D eigenvalue weighted by atomic mass is 10.1. The summed E-state index contributed by atoms with van der Waals surface area (Å²) in [5.74, 6) is 1.14. The van der Waals surface area contributed by atoms with E-state index in [1.165, 1.54) is 0 Å². The van der Waals surface area contributed by atoms with E-state index in [9.17, 15) is 0 Å². The summed E-state index contributed by atoms with van der Waals surface area (Å²) in [6.07, 6.45) is 5.93. The van der Waals surface area contributed by atoms with Gasteiger partial charge in [-0.3, -0.25) is 9.13 Å². The molecule has 0 unspecified atom stereocenters. The Labute approximate surface area is 285 Å². The van der Waals surface area contributed by atoms with Gasteiger partial charge in [-0.1, -0.05) is 84.9 Å². The molecule has 234 valence electrons. The molecule has 0 fully saturated rings. The molecule has 0 amide bonds. The van der Waals surface area contributed by atoms with E-state index in [2.05, 4.69) is 164 Å². The number of hydrogen-bond acceptors (Lipinski definition) is 3. The molecule has 0 atom stereocenters. The Hall–Kier alpha value is -6.99.